The van der Waals surface area contributed by atoms with Crippen LogP contribution in [-0.2, 0) is 6.61 Å². The second kappa shape index (κ2) is 9.07. The van der Waals surface area contributed by atoms with E-state index in [0.29, 0.717) is 12.6 Å². The maximum absolute atomic E-state index is 6.04. The van der Waals surface area contributed by atoms with E-state index in [-0.39, 0.29) is 0 Å². The Bertz CT molecular complexity index is 1450. The molecule has 2 aromatic heterocycles. The van der Waals surface area contributed by atoms with Crippen molar-refractivity contribution in [3.8, 4) is 17.3 Å². The highest BCUT2D eigenvalue weighted by Gasteiger charge is 2.20. The number of nitrogens with one attached hydrogen (secondary N) is 2. The Morgan fingerprint density at radius 3 is 2.54 bits per heavy atom. The van der Waals surface area contributed by atoms with Crippen molar-refractivity contribution in [3.63, 3.8) is 0 Å². The van der Waals surface area contributed by atoms with Crippen LogP contribution in [-0.4, -0.2) is 57.3 Å². The number of hydrogen-bond acceptors (Lipinski definition) is 5. The average Bonchev–Trinajstić information content (AvgIpc) is 3.51. The van der Waals surface area contributed by atoms with Crippen molar-refractivity contribution < 1.29 is 4.74 Å². The van der Waals surface area contributed by atoms with Crippen LogP contribution in [0.5, 0.6) is 5.75 Å². The van der Waals surface area contributed by atoms with Gasteiger partial charge in [0.05, 0.1) is 16.6 Å². The molecule has 0 aliphatic carbocycles. The van der Waals surface area contributed by atoms with E-state index in [9.17, 15) is 0 Å². The molecule has 0 atom stereocenters. The van der Waals surface area contributed by atoms with E-state index in [0.717, 1.165) is 70.9 Å². The zero-order valence-electron chi connectivity index (χ0n) is 20.2. The average molecular weight is 467 g/mol. The lowest BCUT2D eigenvalue weighted by atomic mass is 10.2. The summed E-state index contributed by atoms with van der Waals surface area (Å²) in [5.41, 5.74) is 6.09. The van der Waals surface area contributed by atoms with Crippen LogP contribution in [0.2, 0.25) is 0 Å². The van der Waals surface area contributed by atoms with Gasteiger partial charge in [-0.05, 0) is 55.8 Å². The Morgan fingerprint density at radius 1 is 0.914 bits per heavy atom. The minimum absolute atomic E-state index is 0.526. The molecule has 1 aliphatic rings. The van der Waals surface area contributed by atoms with Crippen LogP contribution in [0.3, 0.4) is 0 Å². The van der Waals surface area contributed by atoms with Crippen molar-refractivity contribution >= 4 is 27.6 Å². The van der Waals surface area contributed by atoms with Gasteiger partial charge in [0.2, 0.25) is 0 Å². The Balaban J connectivity index is 1.25. The van der Waals surface area contributed by atoms with Crippen LogP contribution >= 0.6 is 0 Å². The van der Waals surface area contributed by atoms with E-state index >= 15 is 0 Å². The molecule has 2 N–H and O–H groups in total. The maximum atomic E-state index is 6.04. The van der Waals surface area contributed by atoms with Crippen molar-refractivity contribution in [1.82, 2.24) is 25.1 Å². The Hall–Kier alpha value is -3.84. The van der Waals surface area contributed by atoms with Gasteiger partial charge in [0.1, 0.15) is 18.1 Å². The number of hydrogen-bond donors (Lipinski definition) is 2. The maximum Gasteiger partial charge on any atom is 0.159 e. The first-order valence-electron chi connectivity index (χ1n) is 12.3. The van der Waals surface area contributed by atoms with Crippen molar-refractivity contribution in [2.75, 3.05) is 31.1 Å². The fraction of sp³-hybridized carbons (Fsp3) is 0.286. The van der Waals surface area contributed by atoms with Crippen molar-refractivity contribution in [1.29, 1.82) is 0 Å². The second-order valence-electron chi connectivity index (χ2n) is 9.46. The van der Waals surface area contributed by atoms with E-state index in [4.69, 9.17) is 9.72 Å². The monoisotopic (exact) mass is 466 g/mol. The number of imidazole rings is 1. The molecule has 3 aromatic carbocycles. The fourth-order valence-electron chi connectivity index (χ4n) is 4.81. The molecule has 0 spiro atoms. The standard InChI is InChI=1S/C28H30N6O/c1-19(2)33-12-14-34(15-13-33)21-8-10-25-26(16-21)30-28(29-25)27-23-17-22(9-11-24(23)31-32-27)35-18-20-6-4-3-5-7-20/h3-11,16-17,19H,12-15,18H2,1-2H3,(H,29,30)(H,31,32). The summed E-state index contributed by atoms with van der Waals surface area (Å²) in [4.78, 5) is 13.3. The highest BCUT2D eigenvalue weighted by atomic mass is 16.5. The molecule has 3 heterocycles. The minimum atomic E-state index is 0.526. The van der Waals surface area contributed by atoms with Crippen molar-refractivity contribution in [3.05, 3.63) is 72.3 Å². The van der Waals surface area contributed by atoms with Gasteiger partial charge in [-0.1, -0.05) is 30.3 Å². The third-order valence-corrected chi connectivity index (χ3v) is 6.88. The van der Waals surface area contributed by atoms with Gasteiger partial charge in [-0.3, -0.25) is 10.00 Å². The number of fused-ring (bicyclic) bond motifs is 2. The number of H-pyrrole nitrogens is 2. The summed E-state index contributed by atoms with van der Waals surface area (Å²) in [6.07, 6.45) is 0. The quantitative estimate of drug-likeness (QED) is 0.359. The van der Waals surface area contributed by atoms with Gasteiger partial charge in [0, 0.05) is 43.3 Å². The van der Waals surface area contributed by atoms with Gasteiger partial charge in [0.25, 0.3) is 0 Å². The van der Waals surface area contributed by atoms with Gasteiger partial charge in [-0.15, -0.1) is 0 Å². The molecule has 7 heteroatoms. The predicted octanol–water partition coefficient (Wildman–Crippen LogP) is 5.22. The molecular formula is C28H30N6O. The zero-order valence-corrected chi connectivity index (χ0v) is 20.2. The lowest BCUT2D eigenvalue weighted by Crippen LogP contribution is -2.48. The normalized spacial score (nSPS) is 14.9. The summed E-state index contributed by atoms with van der Waals surface area (Å²) in [6, 6.07) is 23.3. The Morgan fingerprint density at radius 2 is 1.74 bits per heavy atom. The van der Waals surface area contributed by atoms with Crippen LogP contribution in [0, 0.1) is 0 Å². The van der Waals surface area contributed by atoms with E-state index in [2.05, 4.69) is 69.2 Å². The molecule has 0 bridgehead atoms. The SMILES string of the molecule is CC(C)N1CCN(c2ccc3nc(-c4n[nH]c5ccc(OCc6ccccc6)cc45)[nH]c3c2)CC1. The molecule has 178 valence electrons. The van der Waals surface area contributed by atoms with E-state index in [1.165, 1.54) is 5.69 Å². The summed E-state index contributed by atoms with van der Waals surface area (Å²) < 4.78 is 6.04. The predicted molar refractivity (Wildman–Crippen MR) is 141 cm³/mol. The molecule has 35 heavy (non-hydrogen) atoms. The first-order chi connectivity index (χ1) is 17.1. The molecule has 6 rings (SSSR count). The molecule has 7 nitrogen and oxygen atoms in total. The van der Waals surface area contributed by atoms with E-state index in [1.807, 2.05) is 36.4 Å². The molecule has 0 amide bonds. The van der Waals surface area contributed by atoms with Gasteiger partial charge < -0.3 is 14.6 Å². The molecule has 5 aromatic rings. The molecule has 0 radical (unpaired) electrons. The summed E-state index contributed by atoms with van der Waals surface area (Å²) in [5, 5.41) is 8.68. The van der Waals surface area contributed by atoms with Crippen LogP contribution in [0.25, 0.3) is 33.5 Å². The van der Waals surface area contributed by atoms with Crippen molar-refractivity contribution in [2.45, 2.75) is 26.5 Å². The first kappa shape index (κ1) is 21.7. The smallest absolute Gasteiger partial charge is 0.159 e. The third-order valence-electron chi connectivity index (χ3n) is 6.88. The third kappa shape index (κ3) is 4.35. The largest absolute Gasteiger partial charge is 0.489 e. The summed E-state index contributed by atoms with van der Waals surface area (Å²) in [5.74, 6) is 1.57. The topological polar surface area (TPSA) is 73.1 Å². The lowest BCUT2D eigenvalue weighted by Gasteiger charge is -2.38. The van der Waals surface area contributed by atoms with Gasteiger partial charge in [-0.25, -0.2) is 4.98 Å². The number of benzene rings is 3. The Labute approximate surface area is 204 Å². The molecule has 1 saturated heterocycles. The second-order valence-corrected chi connectivity index (χ2v) is 9.46. The lowest BCUT2D eigenvalue weighted by molar-refractivity contribution is 0.209. The Kier molecular flexibility index (Phi) is 5.62. The molecule has 1 fully saturated rings. The fourth-order valence-corrected chi connectivity index (χ4v) is 4.81. The number of piperazine rings is 1. The highest BCUT2D eigenvalue weighted by Crippen LogP contribution is 2.30. The first-order valence-corrected chi connectivity index (χ1v) is 12.3. The summed E-state index contributed by atoms with van der Waals surface area (Å²) in [7, 11) is 0. The van der Waals surface area contributed by atoms with Crippen LogP contribution in [0.4, 0.5) is 5.69 Å². The van der Waals surface area contributed by atoms with Crippen LogP contribution in [0.15, 0.2) is 66.7 Å². The van der Waals surface area contributed by atoms with Crippen LogP contribution < -0.4 is 9.64 Å². The number of ether oxygens (including phenoxy) is 1. The van der Waals surface area contributed by atoms with E-state index < -0.39 is 0 Å². The zero-order chi connectivity index (χ0) is 23.8. The van der Waals surface area contributed by atoms with Gasteiger partial charge >= 0.3 is 0 Å². The highest BCUT2D eigenvalue weighted by molar-refractivity contribution is 5.94. The number of anilines is 1. The number of rotatable bonds is 6. The number of aromatic nitrogens is 4. The van der Waals surface area contributed by atoms with Crippen molar-refractivity contribution in [2.24, 2.45) is 0 Å². The summed E-state index contributed by atoms with van der Waals surface area (Å²) in [6.45, 7) is 9.34. The molecule has 0 saturated carbocycles. The van der Waals surface area contributed by atoms with E-state index in [1.54, 1.807) is 0 Å². The number of aromatic amines is 2. The molecule has 0 unspecified atom stereocenters. The van der Waals surface area contributed by atoms with Gasteiger partial charge in [0.15, 0.2) is 5.82 Å². The molecular weight excluding hydrogens is 436 g/mol. The summed E-state index contributed by atoms with van der Waals surface area (Å²) >= 11 is 0. The van der Waals surface area contributed by atoms with Crippen LogP contribution in [0.1, 0.15) is 19.4 Å². The molecule has 1 aliphatic heterocycles. The number of nitrogens with zero attached hydrogens (tertiary/aromatic N) is 4. The minimum Gasteiger partial charge on any atom is -0.489 e. The van der Waals surface area contributed by atoms with Gasteiger partial charge in [-0.2, -0.15) is 5.10 Å².